The predicted molar refractivity (Wildman–Crippen MR) is 64.1 cm³/mol. The summed E-state index contributed by atoms with van der Waals surface area (Å²) in [5, 5.41) is 8.53. The summed E-state index contributed by atoms with van der Waals surface area (Å²) < 4.78 is 39.0. The monoisotopic (exact) mass is 320 g/mol. The second-order valence-electron chi connectivity index (χ2n) is 3.46. The van der Waals surface area contributed by atoms with Crippen LogP contribution in [0.25, 0.3) is 0 Å². The molecule has 0 radical (unpaired) electrons. The van der Waals surface area contributed by atoms with Crippen molar-refractivity contribution in [3.63, 3.8) is 0 Å². The van der Waals surface area contributed by atoms with E-state index in [0.29, 0.717) is 0 Å². The van der Waals surface area contributed by atoms with Gasteiger partial charge in [0.05, 0.1) is 21.4 Å². The van der Waals surface area contributed by atoms with E-state index in [4.69, 9.17) is 5.26 Å². The SMILES string of the molecule is CC(C#N)CNS(=O)(=O)c1ccc(Br)c(F)c1. The van der Waals surface area contributed by atoms with Crippen LogP contribution in [-0.4, -0.2) is 15.0 Å². The number of nitrogens with one attached hydrogen (secondary N) is 1. The number of halogens is 2. The zero-order chi connectivity index (χ0) is 13.1. The van der Waals surface area contributed by atoms with Crippen molar-refractivity contribution in [3.05, 3.63) is 28.5 Å². The molecule has 17 heavy (non-hydrogen) atoms. The Kier molecular flexibility index (Phi) is 4.62. The molecule has 7 heteroatoms. The molecule has 0 heterocycles. The first kappa shape index (κ1) is 14.1. The molecule has 0 aliphatic carbocycles. The molecule has 0 aliphatic heterocycles. The third-order valence-corrected chi connectivity index (χ3v) is 4.07. The fraction of sp³-hybridized carbons (Fsp3) is 0.300. The summed E-state index contributed by atoms with van der Waals surface area (Å²) in [6, 6.07) is 5.42. The Morgan fingerprint density at radius 1 is 1.59 bits per heavy atom. The summed E-state index contributed by atoms with van der Waals surface area (Å²) in [6.07, 6.45) is 0. The maximum atomic E-state index is 13.2. The van der Waals surface area contributed by atoms with Crippen LogP contribution in [0.3, 0.4) is 0 Å². The number of benzene rings is 1. The van der Waals surface area contributed by atoms with E-state index in [-0.39, 0.29) is 15.9 Å². The standard InChI is InChI=1S/C10H10BrFN2O2S/c1-7(5-13)6-14-17(15,16)8-2-3-9(11)10(12)4-8/h2-4,7,14H,6H2,1H3. The lowest BCUT2D eigenvalue weighted by molar-refractivity contribution is 0.569. The highest BCUT2D eigenvalue weighted by atomic mass is 79.9. The van der Waals surface area contributed by atoms with Crippen molar-refractivity contribution in [2.45, 2.75) is 11.8 Å². The minimum Gasteiger partial charge on any atom is -0.210 e. The molecule has 0 saturated heterocycles. The van der Waals surface area contributed by atoms with Crippen LogP contribution in [0, 0.1) is 23.1 Å². The summed E-state index contributed by atoms with van der Waals surface area (Å²) in [5.74, 6) is -1.09. The molecular weight excluding hydrogens is 311 g/mol. The van der Waals surface area contributed by atoms with Crippen LogP contribution >= 0.6 is 15.9 Å². The van der Waals surface area contributed by atoms with Gasteiger partial charge < -0.3 is 0 Å². The van der Waals surface area contributed by atoms with Crippen LogP contribution in [-0.2, 0) is 10.0 Å². The molecule has 0 aliphatic rings. The van der Waals surface area contributed by atoms with E-state index in [0.717, 1.165) is 6.07 Å². The highest BCUT2D eigenvalue weighted by Crippen LogP contribution is 2.19. The Balaban J connectivity index is 2.91. The van der Waals surface area contributed by atoms with E-state index in [2.05, 4.69) is 20.7 Å². The third kappa shape index (κ3) is 3.77. The summed E-state index contributed by atoms with van der Waals surface area (Å²) >= 11 is 2.94. The number of nitrogens with zero attached hydrogens (tertiary/aromatic N) is 1. The Morgan fingerprint density at radius 2 is 2.24 bits per heavy atom. The van der Waals surface area contributed by atoms with Crippen molar-refractivity contribution in [1.82, 2.24) is 4.72 Å². The molecule has 0 aromatic heterocycles. The topological polar surface area (TPSA) is 70.0 Å². The molecule has 1 aromatic rings. The fourth-order valence-electron chi connectivity index (χ4n) is 1.01. The highest BCUT2D eigenvalue weighted by molar-refractivity contribution is 9.10. The lowest BCUT2D eigenvalue weighted by Crippen LogP contribution is -2.28. The smallest absolute Gasteiger partial charge is 0.210 e. The molecule has 0 fully saturated rings. The van der Waals surface area contributed by atoms with Gasteiger partial charge in [-0.15, -0.1) is 0 Å². The van der Waals surface area contributed by atoms with Crippen molar-refractivity contribution >= 4 is 26.0 Å². The molecule has 4 nitrogen and oxygen atoms in total. The lowest BCUT2D eigenvalue weighted by Gasteiger charge is -2.08. The first-order chi connectivity index (χ1) is 7.86. The van der Waals surface area contributed by atoms with Crippen LogP contribution in [0.5, 0.6) is 0 Å². The Bertz CT molecular complexity index is 554. The van der Waals surface area contributed by atoms with Gasteiger partial charge in [0.1, 0.15) is 5.82 Å². The Hall–Kier alpha value is -0.970. The van der Waals surface area contributed by atoms with Crippen molar-refractivity contribution in [3.8, 4) is 6.07 Å². The van der Waals surface area contributed by atoms with Gasteiger partial charge in [-0.05, 0) is 41.1 Å². The fourth-order valence-corrected chi connectivity index (χ4v) is 2.40. The van der Waals surface area contributed by atoms with Crippen molar-refractivity contribution in [1.29, 1.82) is 5.26 Å². The zero-order valence-corrected chi connectivity index (χ0v) is 11.3. The first-order valence-corrected chi connectivity index (χ1v) is 6.99. The number of hydrogen-bond donors (Lipinski definition) is 1. The second-order valence-corrected chi connectivity index (χ2v) is 6.08. The predicted octanol–water partition coefficient (Wildman–Crippen LogP) is 2.03. The van der Waals surface area contributed by atoms with E-state index < -0.39 is 21.8 Å². The molecule has 92 valence electrons. The molecule has 0 amide bonds. The Labute approximate surface area is 108 Å². The van der Waals surface area contributed by atoms with Gasteiger partial charge in [0.2, 0.25) is 10.0 Å². The van der Waals surface area contributed by atoms with Gasteiger partial charge in [0.25, 0.3) is 0 Å². The molecule has 0 spiro atoms. The molecule has 1 rings (SSSR count). The first-order valence-electron chi connectivity index (χ1n) is 4.71. The molecule has 0 bridgehead atoms. The van der Waals surface area contributed by atoms with Gasteiger partial charge in [-0.3, -0.25) is 0 Å². The van der Waals surface area contributed by atoms with Gasteiger partial charge in [0, 0.05) is 6.54 Å². The molecule has 0 saturated carbocycles. The Morgan fingerprint density at radius 3 is 2.76 bits per heavy atom. The highest BCUT2D eigenvalue weighted by Gasteiger charge is 2.16. The second kappa shape index (κ2) is 5.58. The maximum absolute atomic E-state index is 13.2. The summed E-state index contributed by atoms with van der Waals surface area (Å²) in [7, 11) is -3.77. The van der Waals surface area contributed by atoms with Crippen LogP contribution < -0.4 is 4.72 Å². The lowest BCUT2D eigenvalue weighted by atomic mass is 10.2. The van der Waals surface area contributed by atoms with E-state index in [1.165, 1.54) is 12.1 Å². The summed E-state index contributed by atoms with van der Waals surface area (Å²) in [5.41, 5.74) is 0. The maximum Gasteiger partial charge on any atom is 0.240 e. The molecule has 1 atom stereocenters. The van der Waals surface area contributed by atoms with Crippen LogP contribution in [0.4, 0.5) is 4.39 Å². The number of rotatable bonds is 4. The molecular formula is C10H10BrFN2O2S. The van der Waals surface area contributed by atoms with Crippen LogP contribution in [0.2, 0.25) is 0 Å². The van der Waals surface area contributed by atoms with Gasteiger partial charge in [0.15, 0.2) is 0 Å². The van der Waals surface area contributed by atoms with Crippen LogP contribution in [0.15, 0.2) is 27.6 Å². The van der Waals surface area contributed by atoms with Gasteiger partial charge in [-0.25, -0.2) is 17.5 Å². The van der Waals surface area contributed by atoms with Crippen molar-refractivity contribution in [2.75, 3.05) is 6.54 Å². The number of sulfonamides is 1. The number of hydrogen-bond acceptors (Lipinski definition) is 3. The van der Waals surface area contributed by atoms with Gasteiger partial charge >= 0.3 is 0 Å². The minimum absolute atomic E-state index is 0.00346. The average Bonchev–Trinajstić information content (AvgIpc) is 2.29. The molecule has 1 aromatic carbocycles. The van der Waals surface area contributed by atoms with Gasteiger partial charge in [-0.2, -0.15) is 5.26 Å². The van der Waals surface area contributed by atoms with E-state index >= 15 is 0 Å². The van der Waals surface area contributed by atoms with Crippen LogP contribution in [0.1, 0.15) is 6.92 Å². The molecule has 1 N–H and O–H groups in total. The minimum atomic E-state index is -3.77. The average molecular weight is 321 g/mol. The molecule has 1 unspecified atom stereocenters. The normalized spacial score (nSPS) is 13.1. The van der Waals surface area contributed by atoms with Gasteiger partial charge in [-0.1, -0.05) is 0 Å². The number of nitriles is 1. The summed E-state index contributed by atoms with van der Waals surface area (Å²) in [4.78, 5) is -0.164. The van der Waals surface area contributed by atoms with E-state index in [1.807, 2.05) is 6.07 Å². The summed E-state index contributed by atoms with van der Waals surface area (Å²) in [6.45, 7) is 1.58. The van der Waals surface area contributed by atoms with E-state index in [1.54, 1.807) is 6.92 Å². The third-order valence-electron chi connectivity index (χ3n) is 2.00. The van der Waals surface area contributed by atoms with E-state index in [9.17, 15) is 12.8 Å². The van der Waals surface area contributed by atoms with Crippen molar-refractivity contribution in [2.24, 2.45) is 5.92 Å². The quantitative estimate of drug-likeness (QED) is 0.922. The van der Waals surface area contributed by atoms with Crippen molar-refractivity contribution < 1.29 is 12.8 Å². The largest absolute Gasteiger partial charge is 0.240 e. The zero-order valence-electron chi connectivity index (χ0n) is 8.94.